The topological polar surface area (TPSA) is 63.9 Å². The number of nitrogens with zero attached hydrogens (tertiary/aromatic N) is 5. The minimum atomic E-state index is -0.0582. The number of tetrazole rings is 1. The Morgan fingerprint density at radius 3 is 2.41 bits per heavy atom. The summed E-state index contributed by atoms with van der Waals surface area (Å²) < 4.78 is 1.56. The Bertz CT molecular complexity index is 1110. The van der Waals surface area contributed by atoms with E-state index in [9.17, 15) is 4.79 Å². The van der Waals surface area contributed by atoms with Crippen molar-refractivity contribution in [3.63, 3.8) is 0 Å². The number of aromatic nitrogens is 4. The van der Waals surface area contributed by atoms with E-state index < -0.39 is 0 Å². The summed E-state index contributed by atoms with van der Waals surface area (Å²) in [5.41, 5.74) is 5.57. The van der Waals surface area contributed by atoms with Gasteiger partial charge < -0.3 is 4.90 Å². The smallest absolute Gasteiger partial charge is 0.253 e. The second-order valence-electron chi connectivity index (χ2n) is 7.04. The molecule has 3 aromatic carbocycles. The first-order valence-electron chi connectivity index (χ1n) is 9.35. The second-order valence-corrected chi connectivity index (χ2v) is 7.04. The molecule has 144 valence electrons. The lowest BCUT2D eigenvalue weighted by Gasteiger charge is -2.18. The predicted molar refractivity (Wildman–Crippen MR) is 112 cm³/mol. The van der Waals surface area contributed by atoms with Gasteiger partial charge in [0.05, 0.1) is 5.69 Å². The van der Waals surface area contributed by atoms with Gasteiger partial charge in [0.1, 0.15) is 6.33 Å². The third-order valence-corrected chi connectivity index (χ3v) is 4.77. The van der Waals surface area contributed by atoms with Crippen LogP contribution >= 0.6 is 0 Å². The van der Waals surface area contributed by atoms with Gasteiger partial charge in [-0.3, -0.25) is 4.79 Å². The molecule has 29 heavy (non-hydrogen) atoms. The molecule has 0 spiro atoms. The zero-order valence-corrected chi connectivity index (χ0v) is 16.4. The number of amides is 1. The maximum absolute atomic E-state index is 13.2. The van der Waals surface area contributed by atoms with E-state index in [1.807, 2.05) is 55.6 Å². The second kappa shape index (κ2) is 8.06. The van der Waals surface area contributed by atoms with Crippen molar-refractivity contribution in [1.29, 1.82) is 0 Å². The first kappa shape index (κ1) is 18.6. The summed E-state index contributed by atoms with van der Waals surface area (Å²) in [7, 11) is 1.81. The molecule has 6 nitrogen and oxygen atoms in total. The van der Waals surface area contributed by atoms with Crippen LogP contribution in [-0.4, -0.2) is 38.1 Å². The molecule has 0 unspecified atom stereocenters. The van der Waals surface area contributed by atoms with Crippen molar-refractivity contribution in [2.24, 2.45) is 0 Å². The van der Waals surface area contributed by atoms with E-state index >= 15 is 0 Å². The van der Waals surface area contributed by atoms with Gasteiger partial charge in [0.15, 0.2) is 0 Å². The minimum absolute atomic E-state index is 0.0582. The summed E-state index contributed by atoms with van der Waals surface area (Å²) >= 11 is 0. The molecule has 0 radical (unpaired) electrons. The quantitative estimate of drug-likeness (QED) is 0.524. The number of hydrogen-bond acceptors (Lipinski definition) is 4. The van der Waals surface area contributed by atoms with E-state index in [0.29, 0.717) is 12.1 Å². The van der Waals surface area contributed by atoms with Crippen LogP contribution in [0.25, 0.3) is 16.8 Å². The van der Waals surface area contributed by atoms with E-state index in [4.69, 9.17) is 0 Å². The molecule has 0 atom stereocenters. The van der Waals surface area contributed by atoms with Gasteiger partial charge in [-0.15, -0.1) is 5.10 Å². The Kier molecular flexibility index (Phi) is 5.16. The average Bonchev–Trinajstić information content (AvgIpc) is 3.29. The fourth-order valence-corrected chi connectivity index (χ4v) is 3.21. The zero-order valence-electron chi connectivity index (χ0n) is 16.4. The molecule has 0 aliphatic carbocycles. The van der Waals surface area contributed by atoms with Crippen LogP contribution in [0.15, 0.2) is 79.1 Å². The van der Waals surface area contributed by atoms with Gasteiger partial charge in [-0.1, -0.05) is 60.2 Å². The lowest BCUT2D eigenvalue weighted by molar-refractivity contribution is 0.0785. The maximum Gasteiger partial charge on any atom is 0.253 e. The monoisotopic (exact) mass is 383 g/mol. The Morgan fingerprint density at radius 1 is 0.966 bits per heavy atom. The van der Waals surface area contributed by atoms with Crippen LogP contribution < -0.4 is 0 Å². The molecule has 1 aromatic heterocycles. The molecule has 0 fully saturated rings. The number of aryl methyl sites for hydroxylation is 1. The van der Waals surface area contributed by atoms with Gasteiger partial charge in [-0.25, -0.2) is 4.68 Å². The number of benzene rings is 3. The van der Waals surface area contributed by atoms with Gasteiger partial charge in [0, 0.05) is 19.2 Å². The van der Waals surface area contributed by atoms with Crippen LogP contribution in [0.5, 0.6) is 0 Å². The van der Waals surface area contributed by atoms with E-state index in [1.54, 1.807) is 9.58 Å². The Morgan fingerprint density at radius 2 is 1.72 bits per heavy atom. The number of hydrogen-bond donors (Lipinski definition) is 0. The molecule has 6 heteroatoms. The Labute approximate surface area is 169 Å². The predicted octanol–water partition coefficient (Wildman–Crippen LogP) is 3.91. The SMILES string of the molecule is Cc1ccc(-c2cc(C(=O)N(C)Cc3ccccc3)cc(-n3cnnn3)c2)cc1. The highest BCUT2D eigenvalue weighted by molar-refractivity contribution is 5.96. The van der Waals surface area contributed by atoms with Gasteiger partial charge in [0.25, 0.3) is 5.91 Å². The van der Waals surface area contributed by atoms with Crippen LogP contribution in [0, 0.1) is 6.92 Å². The van der Waals surface area contributed by atoms with Crippen LogP contribution in [0.2, 0.25) is 0 Å². The molecule has 4 rings (SSSR count). The molecule has 0 aliphatic rings. The molecule has 0 saturated carbocycles. The summed E-state index contributed by atoms with van der Waals surface area (Å²) in [5.74, 6) is -0.0582. The lowest BCUT2D eigenvalue weighted by Crippen LogP contribution is -2.26. The number of rotatable bonds is 5. The largest absolute Gasteiger partial charge is 0.337 e. The van der Waals surface area contributed by atoms with Crippen molar-refractivity contribution >= 4 is 5.91 Å². The van der Waals surface area contributed by atoms with E-state index in [0.717, 1.165) is 22.4 Å². The molecule has 1 amide bonds. The molecule has 1 heterocycles. The molecule has 0 N–H and O–H groups in total. The summed E-state index contributed by atoms with van der Waals surface area (Å²) in [5, 5.41) is 11.4. The van der Waals surface area contributed by atoms with Gasteiger partial charge in [0.2, 0.25) is 0 Å². The number of carbonyl (C=O) groups excluding carboxylic acids is 1. The molecule has 0 aliphatic heterocycles. The normalized spacial score (nSPS) is 10.7. The molecule has 0 saturated heterocycles. The van der Waals surface area contributed by atoms with Crippen molar-refractivity contribution in [3.8, 4) is 16.8 Å². The summed E-state index contributed by atoms with van der Waals surface area (Å²) in [6.45, 7) is 2.59. The Balaban J connectivity index is 1.71. The summed E-state index contributed by atoms with van der Waals surface area (Å²) in [6.07, 6.45) is 1.52. The van der Waals surface area contributed by atoms with Gasteiger partial charge in [-0.2, -0.15) is 0 Å². The van der Waals surface area contributed by atoms with Crippen LogP contribution in [-0.2, 0) is 6.54 Å². The van der Waals surface area contributed by atoms with E-state index in [-0.39, 0.29) is 5.91 Å². The highest BCUT2D eigenvalue weighted by Crippen LogP contribution is 2.25. The van der Waals surface area contributed by atoms with Crippen molar-refractivity contribution < 1.29 is 4.79 Å². The molecule has 4 aromatic rings. The standard InChI is InChI=1S/C23H21N5O/c1-17-8-10-19(11-9-17)20-12-21(14-22(13-20)28-16-24-25-26-28)23(29)27(2)15-18-6-4-3-5-7-18/h3-14,16H,15H2,1-2H3. The highest BCUT2D eigenvalue weighted by Gasteiger charge is 2.16. The Hall–Kier alpha value is -3.80. The molecule has 0 bridgehead atoms. The molecular formula is C23H21N5O. The third-order valence-electron chi connectivity index (χ3n) is 4.77. The minimum Gasteiger partial charge on any atom is -0.337 e. The fraction of sp³-hybridized carbons (Fsp3) is 0.130. The zero-order chi connectivity index (χ0) is 20.2. The van der Waals surface area contributed by atoms with E-state index in [1.165, 1.54) is 11.9 Å². The van der Waals surface area contributed by atoms with Crippen molar-refractivity contribution in [2.75, 3.05) is 7.05 Å². The van der Waals surface area contributed by atoms with Crippen LogP contribution in [0.3, 0.4) is 0 Å². The van der Waals surface area contributed by atoms with Crippen molar-refractivity contribution in [1.82, 2.24) is 25.1 Å². The maximum atomic E-state index is 13.2. The van der Waals surface area contributed by atoms with Crippen LogP contribution in [0.4, 0.5) is 0 Å². The van der Waals surface area contributed by atoms with Gasteiger partial charge >= 0.3 is 0 Å². The first-order chi connectivity index (χ1) is 14.1. The van der Waals surface area contributed by atoms with Gasteiger partial charge in [-0.05, 0) is 52.2 Å². The van der Waals surface area contributed by atoms with Crippen LogP contribution in [0.1, 0.15) is 21.5 Å². The van der Waals surface area contributed by atoms with Crippen molar-refractivity contribution in [2.45, 2.75) is 13.5 Å². The summed E-state index contributed by atoms with van der Waals surface area (Å²) in [6, 6.07) is 23.9. The average molecular weight is 383 g/mol. The third kappa shape index (κ3) is 4.21. The lowest BCUT2D eigenvalue weighted by atomic mass is 10.0. The fourth-order valence-electron chi connectivity index (χ4n) is 3.21. The first-order valence-corrected chi connectivity index (χ1v) is 9.35. The van der Waals surface area contributed by atoms with Crippen molar-refractivity contribution in [3.05, 3.63) is 95.8 Å². The highest BCUT2D eigenvalue weighted by atomic mass is 16.2. The number of carbonyl (C=O) groups is 1. The van der Waals surface area contributed by atoms with E-state index in [2.05, 4.69) is 46.7 Å². The molecular weight excluding hydrogens is 362 g/mol. The summed E-state index contributed by atoms with van der Waals surface area (Å²) in [4.78, 5) is 14.9.